The minimum absolute atomic E-state index is 0.138. The van der Waals surface area contributed by atoms with Crippen LogP contribution in [0.15, 0.2) is 24.3 Å². The summed E-state index contributed by atoms with van der Waals surface area (Å²) in [6, 6.07) is 6.69. The number of nitrogens with one attached hydrogen (secondary N) is 1. The molecular weight excluding hydrogens is 186 g/mol. The number of nitriles is 1. The van der Waals surface area contributed by atoms with Crippen molar-refractivity contribution >= 4 is 17.3 Å². The lowest BCUT2D eigenvalue weighted by Crippen LogP contribution is -2.07. The van der Waals surface area contributed by atoms with Gasteiger partial charge in [0.25, 0.3) is 5.69 Å². The maximum atomic E-state index is 10.6. The molecule has 0 aliphatic carbocycles. The lowest BCUT2D eigenvalue weighted by molar-refractivity contribution is -0.384. The van der Waals surface area contributed by atoms with Gasteiger partial charge in [-0.15, -0.1) is 0 Å². The summed E-state index contributed by atoms with van der Waals surface area (Å²) in [5.74, 6) is -0.856. The van der Waals surface area contributed by atoms with E-state index in [-0.39, 0.29) is 11.4 Å². The lowest BCUT2D eigenvalue weighted by atomic mass is 10.3. The Bertz CT molecular complexity index is 422. The van der Waals surface area contributed by atoms with Crippen LogP contribution in [0.4, 0.5) is 11.4 Å². The van der Waals surface area contributed by atoms with Gasteiger partial charge in [0.2, 0.25) is 0 Å². The number of anilines is 1. The number of nitro benzene ring substituents is 1. The van der Waals surface area contributed by atoms with Gasteiger partial charge in [-0.25, -0.2) is 0 Å². The molecule has 14 heavy (non-hydrogen) atoms. The highest BCUT2D eigenvalue weighted by Crippen LogP contribution is 2.16. The molecule has 1 aromatic carbocycles. The highest BCUT2D eigenvalue weighted by Gasteiger charge is 2.06. The number of nitro groups is 1. The fourth-order valence-corrected chi connectivity index (χ4v) is 0.856. The van der Waals surface area contributed by atoms with E-state index in [0.29, 0.717) is 0 Å². The number of benzene rings is 1. The number of nitrogens with zero attached hydrogens (tertiary/aromatic N) is 2. The molecule has 0 fully saturated rings. The van der Waals surface area contributed by atoms with E-state index in [2.05, 4.69) is 5.32 Å². The number of carbonyl (C=O) groups is 1. The van der Waals surface area contributed by atoms with E-state index in [9.17, 15) is 14.9 Å². The molecule has 0 saturated carbocycles. The van der Waals surface area contributed by atoms with E-state index in [1.165, 1.54) is 30.3 Å². The zero-order chi connectivity index (χ0) is 10.6. The minimum Gasteiger partial charge on any atom is -0.313 e. The molecule has 1 amide bonds. The maximum Gasteiger partial charge on any atom is 0.326 e. The Morgan fingerprint density at radius 2 is 2.29 bits per heavy atom. The Kier molecular flexibility index (Phi) is 2.76. The molecule has 0 aliphatic heterocycles. The van der Waals surface area contributed by atoms with E-state index in [1.807, 2.05) is 0 Å². The summed E-state index contributed by atoms with van der Waals surface area (Å²) < 4.78 is 0. The first-order valence-electron chi connectivity index (χ1n) is 3.59. The SMILES string of the molecule is N#CC(=O)Nc1cccc([N+](=O)[O-])c1. The van der Waals surface area contributed by atoms with Gasteiger partial charge in [0.15, 0.2) is 6.07 Å². The number of amides is 1. The molecule has 0 saturated heterocycles. The summed E-state index contributed by atoms with van der Waals surface area (Å²) in [7, 11) is 0. The molecule has 6 heteroatoms. The molecule has 0 radical (unpaired) electrons. The van der Waals surface area contributed by atoms with Crippen molar-refractivity contribution in [3.63, 3.8) is 0 Å². The average Bonchev–Trinajstić information content (AvgIpc) is 2.18. The highest BCUT2D eigenvalue weighted by atomic mass is 16.6. The Morgan fingerprint density at radius 3 is 2.86 bits per heavy atom. The number of non-ortho nitro benzene ring substituents is 1. The van der Waals surface area contributed by atoms with Crippen LogP contribution in [0.5, 0.6) is 0 Å². The highest BCUT2D eigenvalue weighted by molar-refractivity contribution is 6.02. The van der Waals surface area contributed by atoms with Gasteiger partial charge in [-0.2, -0.15) is 5.26 Å². The second-order valence-corrected chi connectivity index (χ2v) is 2.37. The van der Waals surface area contributed by atoms with Gasteiger partial charge in [-0.05, 0) is 6.07 Å². The standard InChI is InChI=1S/C8H5N3O3/c9-5-8(12)10-6-2-1-3-7(4-6)11(13)14/h1-4H,(H,10,12). The molecular formula is C8H5N3O3. The Labute approximate surface area is 78.9 Å². The first kappa shape index (κ1) is 9.67. The molecule has 0 aliphatic rings. The summed E-state index contributed by atoms with van der Waals surface area (Å²) in [5.41, 5.74) is 0.0893. The van der Waals surface area contributed by atoms with Gasteiger partial charge in [0.1, 0.15) is 0 Å². The molecule has 6 nitrogen and oxygen atoms in total. The van der Waals surface area contributed by atoms with Crippen LogP contribution in [0.1, 0.15) is 0 Å². The summed E-state index contributed by atoms with van der Waals surface area (Å²) in [6.07, 6.45) is 0. The van der Waals surface area contributed by atoms with Crippen molar-refractivity contribution in [2.24, 2.45) is 0 Å². The molecule has 0 spiro atoms. The summed E-state index contributed by atoms with van der Waals surface area (Å²) in [4.78, 5) is 20.4. The molecule has 0 heterocycles. The first-order chi connectivity index (χ1) is 6.63. The van der Waals surface area contributed by atoms with E-state index in [0.717, 1.165) is 0 Å². The summed E-state index contributed by atoms with van der Waals surface area (Å²) >= 11 is 0. The predicted octanol–water partition coefficient (Wildman–Crippen LogP) is 1.06. The van der Waals surface area contributed by atoms with Crippen LogP contribution >= 0.6 is 0 Å². The van der Waals surface area contributed by atoms with Crippen LogP contribution < -0.4 is 5.32 Å². The van der Waals surface area contributed by atoms with Gasteiger partial charge in [0.05, 0.1) is 4.92 Å². The molecule has 1 rings (SSSR count). The Balaban J connectivity index is 2.90. The summed E-state index contributed by atoms with van der Waals surface area (Å²) in [6.45, 7) is 0. The van der Waals surface area contributed by atoms with Crippen molar-refractivity contribution < 1.29 is 9.72 Å². The van der Waals surface area contributed by atoms with Crippen molar-refractivity contribution in [2.75, 3.05) is 5.32 Å². The predicted molar refractivity (Wildman–Crippen MR) is 47.3 cm³/mol. The van der Waals surface area contributed by atoms with Gasteiger partial charge in [-0.3, -0.25) is 14.9 Å². The first-order valence-corrected chi connectivity index (χ1v) is 3.59. The Hall–Kier alpha value is -2.42. The average molecular weight is 191 g/mol. The van der Waals surface area contributed by atoms with Gasteiger partial charge >= 0.3 is 5.91 Å². The third-order valence-corrected chi connectivity index (χ3v) is 1.42. The molecule has 0 aromatic heterocycles. The minimum atomic E-state index is -0.856. The molecule has 0 unspecified atom stereocenters. The van der Waals surface area contributed by atoms with Crippen LogP contribution in [0.25, 0.3) is 0 Å². The van der Waals surface area contributed by atoms with Crippen LogP contribution in [-0.4, -0.2) is 10.8 Å². The molecule has 0 atom stereocenters. The zero-order valence-corrected chi connectivity index (χ0v) is 6.93. The fraction of sp³-hybridized carbons (Fsp3) is 0. The second-order valence-electron chi connectivity index (χ2n) is 2.37. The molecule has 0 bridgehead atoms. The van der Waals surface area contributed by atoms with Gasteiger partial charge in [-0.1, -0.05) is 6.07 Å². The van der Waals surface area contributed by atoms with Crippen molar-refractivity contribution in [2.45, 2.75) is 0 Å². The largest absolute Gasteiger partial charge is 0.326 e. The summed E-state index contributed by atoms with van der Waals surface area (Å²) in [5, 5.41) is 20.7. The third-order valence-electron chi connectivity index (χ3n) is 1.42. The normalized spacial score (nSPS) is 8.79. The lowest BCUT2D eigenvalue weighted by Gasteiger charge is -1.98. The molecule has 70 valence electrons. The van der Waals surface area contributed by atoms with E-state index in [4.69, 9.17) is 5.26 Å². The molecule has 1 aromatic rings. The van der Waals surface area contributed by atoms with Crippen molar-refractivity contribution in [3.05, 3.63) is 34.4 Å². The van der Waals surface area contributed by atoms with Gasteiger partial charge in [0, 0.05) is 17.8 Å². The van der Waals surface area contributed by atoms with Crippen LogP contribution in [-0.2, 0) is 4.79 Å². The number of carbonyl (C=O) groups excluding carboxylic acids is 1. The topological polar surface area (TPSA) is 96.0 Å². The van der Waals surface area contributed by atoms with Crippen LogP contribution in [0.2, 0.25) is 0 Å². The maximum absolute atomic E-state index is 10.6. The quantitative estimate of drug-likeness (QED) is 0.429. The van der Waals surface area contributed by atoms with Gasteiger partial charge < -0.3 is 5.32 Å². The van der Waals surface area contributed by atoms with E-state index >= 15 is 0 Å². The molecule has 1 N–H and O–H groups in total. The van der Waals surface area contributed by atoms with Crippen molar-refractivity contribution in [1.82, 2.24) is 0 Å². The number of hydrogen-bond acceptors (Lipinski definition) is 4. The van der Waals surface area contributed by atoms with Crippen molar-refractivity contribution in [3.8, 4) is 6.07 Å². The second kappa shape index (κ2) is 4.00. The number of rotatable bonds is 2. The monoisotopic (exact) mass is 191 g/mol. The third kappa shape index (κ3) is 2.28. The van der Waals surface area contributed by atoms with Crippen LogP contribution in [0, 0.1) is 21.4 Å². The van der Waals surface area contributed by atoms with Crippen molar-refractivity contribution in [1.29, 1.82) is 5.26 Å². The van der Waals surface area contributed by atoms with Crippen LogP contribution in [0.3, 0.4) is 0 Å². The fourth-order valence-electron chi connectivity index (χ4n) is 0.856. The van der Waals surface area contributed by atoms with E-state index in [1.54, 1.807) is 0 Å². The number of hydrogen-bond donors (Lipinski definition) is 1. The smallest absolute Gasteiger partial charge is 0.313 e. The Morgan fingerprint density at radius 1 is 1.57 bits per heavy atom. The zero-order valence-electron chi connectivity index (χ0n) is 6.93. The van der Waals surface area contributed by atoms with E-state index < -0.39 is 10.8 Å².